The van der Waals surface area contributed by atoms with E-state index < -0.39 is 101 Å². The molecular formula is C49H65N3O13. The smallest absolute Gasteiger partial charge is 0.339 e. The average molecular weight is 904 g/mol. The summed E-state index contributed by atoms with van der Waals surface area (Å²) in [4.78, 5) is 90.4. The number of nitriles is 1. The lowest BCUT2D eigenvalue weighted by Gasteiger charge is -2.62. The number of carboxylic acid groups (broad SMARTS) is 1. The van der Waals surface area contributed by atoms with Crippen LogP contribution in [0.2, 0.25) is 0 Å². The molecule has 0 radical (unpaired) electrons. The molecule has 0 saturated heterocycles. The Morgan fingerprint density at radius 1 is 0.831 bits per heavy atom. The molecule has 0 aliphatic heterocycles. The van der Waals surface area contributed by atoms with E-state index in [4.69, 9.17) is 14.2 Å². The van der Waals surface area contributed by atoms with E-state index in [-0.39, 0.29) is 72.0 Å². The molecular weight excluding hydrogens is 839 g/mol. The van der Waals surface area contributed by atoms with E-state index in [1.807, 2.05) is 69.2 Å². The Kier molecular flexibility index (Phi) is 13.8. The molecule has 2 aromatic carbocycles. The first-order valence-corrected chi connectivity index (χ1v) is 21.9. The van der Waals surface area contributed by atoms with E-state index in [2.05, 4.69) is 6.07 Å². The van der Waals surface area contributed by atoms with Crippen LogP contribution in [0.4, 0.5) is 11.4 Å². The van der Waals surface area contributed by atoms with Crippen LogP contribution < -0.4 is 0 Å². The van der Waals surface area contributed by atoms with Gasteiger partial charge in [0.05, 0.1) is 44.8 Å². The van der Waals surface area contributed by atoms with Crippen molar-refractivity contribution in [3.8, 4) is 17.2 Å². The lowest BCUT2D eigenvalue weighted by molar-refractivity contribution is -0.385. The highest BCUT2D eigenvalue weighted by molar-refractivity contribution is 6.25. The summed E-state index contributed by atoms with van der Waals surface area (Å²) in [6, 6.07) is 8.09. The summed E-state index contributed by atoms with van der Waals surface area (Å²) < 4.78 is 17.1. The summed E-state index contributed by atoms with van der Waals surface area (Å²) in [6.07, 6.45) is -1.26. The fourth-order valence-corrected chi connectivity index (χ4v) is 11.8. The first kappa shape index (κ1) is 51.9. The zero-order chi connectivity index (χ0) is 49.8. The Morgan fingerprint density at radius 2 is 1.35 bits per heavy atom. The number of hydrogen-bond donors (Lipinski definition) is 1. The molecule has 1 N–H and O–H groups in total. The topological polar surface area (TPSA) is 243 Å². The third-order valence-corrected chi connectivity index (χ3v) is 17.1. The van der Waals surface area contributed by atoms with Crippen molar-refractivity contribution in [2.75, 3.05) is 7.11 Å². The molecule has 2 aliphatic rings. The summed E-state index contributed by atoms with van der Waals surface area (Å²) in [6.45, 7) is 26.1. The minimum absolute atomic E-state index is 0.0113. The number of methoxy groups -OCH3 is 1. The number of carboxylic acids is 1. The summed E-state index contributed by atoms with van der Waals surface area (Å²) in [5.41, 5.74) is -9.94. The van der Waals surface area contributed by atoms with E-state index in [9.17, 15) is 54.6 Å². The van der Waals surface area contributed by atoms with Crippen LogP contribution in [0.5, 0.6) is 0 Å². The quantitative estimate of drug-likeness (QED) is 0.0685. The number of carbonyl (C=O) groups excluding carboxylic acids is 4. The number of hydrogen-bond acceptors (Lipinski definition) is 13. The van der Waals surface area contributed by atoms with Crippen molar-refractivity contribution in [3.63, 3.8) is 0 Å². The summed E-state index contributed by atoms with van der Waals surface area (Å²) in [7, 11) is 1.32. The van der Waals surface area contributed by atoms with E-state index in [1.54, 1.807) is 27.7 Å². The fourth-order valence-electron chi connectivity index (χ4n) is 11.8. The Hall–Kier alpha value is -5.72. The number of aliphatic carboxylic acids is 1. The SMILES string of the molecule is CCC(CC(C)OC(=O)CCC(C)(C#N)C1(C)C(C)(C)CC(C)(C(=O)O)C(C)(C)C(C)(C)C(C)(C(=O)OC)CC1(C)C)OC(=O)c1cc([N+](=O)[O-])cc2c1-c1ccc([N+](=O)[O-])cc1C2=O. The van der Waals surface area contributed by atoms with E-state index >= 15 is 0 Å². The van der Waals surface area contributed by atoms with Gasteiger partial charge in [0.1, 0.15) is 12.2 Å². The second-order valence-corrected chi connectivity index (χ2v) is 21.4. The van der Waals surface area contributed by atoms with Crippen LogP contribution in [0.3, 0.4) is 0 Å². The first-order chi connectivity index (χ1) is 29.6. The molecule has 0 bridgehead atoms. The van der Waals surface area contributed by atoms with Crippen LogP contribution in [-0.2, 0) is 28.6 Å². The van der Waals surface area contributed by atoms with Gasteiger partial charge in [0, 0.05) is 53.8 Å². The maximum absolute atomic E-state index is 14.1. The lowest BCUT2D eigenvalue weighted by atomic mass is 9.40. The number of ether oxygens (including phenoxy) is 3. The van der Waals surface area contributed by atoms with Crippen LogP contribution in [-0.4, -0.2) is 63.9 Å². The number of carbonyl (C=O) groups is 5. The number of nitrogens with zero attached hydrogens (tertiary/aromatic N) is 3. The van der Waals surface area contributed by atoms with Gasteiger partial charge in [-0.1, -0.05) is 69.2 Å². The predicted octanol–water partition coefficient (Wildman–Crippen LogP) is 10.5. The molecule has 4 rings (SSSR count). The second kappa shape index (κ2) is 17.3. The van der Waals surface area contributed by atoms with Gasteiger partial charge in [-0.15, -0.1) is 0 Å². The molecule has 0 aromatic heterocycles. The average Bonchev–Trinajstić information content (AvgIpc) is 3.50. The van der Waals surface area contributed by atoms with E-state index in [1.165, 1.54) is 19.2 Å². The lowest BCUT2D eigenvalue weighted by Crippen LogP contribution is -2.59. The number of benzene rings is 2. The van der Waals surface area contributed by atoms with Crippen LogP contribution >= 0.6 is 0 Å². The molecule has 2 aliphatic carbocycles. The minimum atomic E-state index is -1.42. The van der Waals surface area contributed by atoms with Crippen molar-refractivity contribution >= 4 is 41.0 Å². The Balaban J connectivity index is 1.63. The summed E-state index contributed by atoms with van der Waals surface area (Å²) in [5.74, 6) is -3.86. The molecule has 6 atom stereocenters. The van der Waals surface area contributed by atoms with Crippen LogP contribution in [0.1, 0.15) is 162 Å². The number of nitro groups is 2. The van der Waals surface area contributed by atoms with Gasteiger partial charge in [-0.3, -0.25) is 39.4 Å². The van der Waals surface area contributed by atoms with Crippen molar-refractivity contribution in [2.45, 2.75) is 148 Å². The van der Waals surface area contributed by atoms with Crippen LogP contribution in [0.25, 0.3) is 11.1 Å². The van der Waals surface area contributed by atoms with Crippen LogP contribution in [0.15, 0.2) is 30.3 Å². The van der Waals surface area contributed by atoms with Crippen molar-refractivity contribution in [3.05, 3.63) is 67.3 Å². The molecule has 16 heteroatoms. The maximum Gasteiger partial charge on any atom is 0.339 e. The van der Waals surface area contributed by atoms with Gasteiger partial charge >= 0.3 is 23.9 Å². The number of fused-ring (bicyclic) bond motifs is 3. The van der Waals surface area contributed by atoms with Gasteiger partial charge in [0.2, 0.25) is 0 Å². The van der Waals surface area contributed by atoms with Crippen molar-refractivity contribution in [2.24, 2.45) is 43.3 Å². The van der Waals surface area contributed by atoms with E-state index in [0.29, 0.717) is 0 Å². The fraction of sp³-hybridized carbons (Fsp3) is 0.633. The molecule has 0 heterocycles. The molecule has 2 aromatic rings. The maximum atomic E-state index is 14.1. The van der Waals surface area contributed by atoms with Gasteiger partial charge in [0.25, 0.3) is 11.4 Å². The van der Waals surface area contributed by atoms with Gasteiger partial charge in [-0.05, 0) is 92.1 Å². The monoisotopic (exact) mass is 903 g/mol. The molecule has 1 saturated carbocycles. The molecule has 6 unspecified atom stereocenters. The number of nitro benzene ring substituents is 2. The summed E-state index contributed by atoms with van der Waals surface area (Å²) >= 11 is 0. The molecule has 1 fully saturated rings. The van der Waals surface area contributed by atoms with Crippen molar-refractivity contribution in [1.82, 2.24) is 0 Å². The zero-order valence-electron chi connectivity index (χ0n) is 40.5. The number of non-ortho nitro benzene ring substituents is 2. The van der Waals surface area contributed by atoms with Gasteiger partial charge < -0.3 is 19.3 Å². The number of ketones is 1. The van der Waals surface area contributed by atoms with Crippen LogP contribution in [0, 0.1) is 74.9 Å². The Bertz CT molecular complexity index is 2380. The molecule has 354 valence electrons. The number of esters is 3. The van der Waals surface area contributed by atoms with Gasteiger partial charge in [0.15, 0.2) is 5.78 Å². The summed E-state index contributed by atoms with van der Waals surface area (Å²) in [5, 5.41) is 45.6. The predicted molar refractivity (Wildman–Crippen MR) is 240 cm³/mol. The zero-order valence-corrected chi connectivity index (χ0v) is 40.5. The van der Waals surface area contributed by atoms with E-state index in [0.717, 1.165) is 18.2 Å². The third-order valence-electron chi connectivity index (χ3n) is 17.1. The van der Waals surface area contributed by atoms with Gasteiger partial charge in [-0.2, -0.15) is 5.26 Å². The van der Waals surface area contributed by atoms with Gasteiger partial charge in [-0.25, -0.2) is 4.79 Å². The Morgan fingerprint density at radius 3 is 1.85 bits per heavy atom. The highest BCUT2D eigenvalue weighted by Gasteiger charge is 2.72. The Labute approximate surface area is 381 Å². The molecule has 0 amide bonds. The normalized spacial score (nSPS) is 25.6. The minimum Gasteiger partial charge on any atom is -0.481 e. The second-order valence-electron chi connectivity index (χ2n) is 21.4. The highest BCUT2D eigenvalue weighted by Crippen LogP contribution is 2.74. The number of rotatable bonds is 14. The molecule has 65 heavy (non-hydrogen) atoms. The first-order valence-electron chi connectivity index (χ1n) is 21.9. The van der Waals surface area contributed by atoms with Crippen molar-refractivity contribution in [1.29, 1.82) is 5.26 Å². The molecule has 0 spiro atoms. The highest BCUT2D eigenvalue weighted by atomic mass is 16.6. The standard InChI is InChI=1S/C49H65N3O13/c1-16-31(65-39(55)35-24-30(52(61)62)23-34-37(35)32-18-17-29(51(59)60)22-33(32)38(34)54)21-28(2)64-36(53)19-20-46(11,27-50)49(14)42(3,4)25-47(12,40(56)57)44(7,8)45(9,10)48(13,41(58)63-15)26-43(49,5)6/h17-18,22-24,28,31H,16,19-21,25-26H2,1-15H3,(H,56,57). The van der Waals surface area contributed by atoms with Crippen molar-refractivity contribution < 1.29 is 53.1 Å². The molecule has 16 nitrogen and oxygen atoms in total. The largest absolute Gasteiger partial charge is 0.481 e. The third kappa shape index (κ3) is 8.17.